The quantitative estimate of drug-likeness (QED) is 0.856. The van der Waals surface area contributed by atoms with Gasteiger partial charge >= 0.3 is 0 Å². The molecule has 108 valence electrons. The second-order valence-corrected chi connectivity index (χ2v) is 6.89. The topological polar surface area (TPSA) is 54.5 Å². The van der Waals surface area contributed by atoms with Crippen molar-refractivity contribution in [1.82, 2.24) is 4.31 Å². The number of fused-ring (bicyclic) bond motifs is 1. The highest BCUT2D eigenvalue weighted by Gasteiger charge is 2.34. The monoisotopic (exact) mass is 301 g/mol. The summed E-state index contributed by atoms with van der Waals surface area (Å²) in [7, 11) is -3.80. The maximum Gasteiger partial charge on any atom is 0.267 e. The van der Waals surface area contributed by atoms with Crippen LogP contribution in [-0.2, 0) is 16.4 Å². The number of aryl methyl sites for hydroxylation is 1. The average molecular weight is 301 g/mol. The lowest BCUT2D eigenvalue weighted by atomic mass is 10.0. The normalized spacial score (nSPS) is 14.9. The number of carbonyl (C=O) groups is 1. The van der Waals surface area contributed by atoms with E-state index in [1.165, 1.54) is 0 Å². The number of nitrogens with zero attached hydrogens (tertiary/aromatic N) is 1. The first-order chi connectivity index (χ1) is 10.0. The van der Waals surface area contributed by atoms with Gasteiger partial charge < -0.3 is 0 Å². The smallest absolute Gasteiger partial charge is 0.267 e. The van der Waals surface area contributed by atoms with Crippen molar-refractivity contribution < 1.29 is 13.2 Å². The maximum atomic E-state index is 12.7. The Hall–Kier alpha value is -2.14. The highest BCUT2D eigenvalue weighted by Crippen LogP contribution is 2.26. The summed E-state index contributed by atoms with van der Waals surface area (Å²) in [6.45, 7) is 1.92. The summed E-state index contributed by atoms with van der Waals surface area (Å²) in [5.74, 6) is -0.444. The second kappa shape index (κ2) is 5.00. The SMILES string of the molecule is Cc1ccccc1S(=O)(=O)N1CCc2ccccc2C1=O. The Bertz CT molecular complexity index is 812. The number of amides is 1. The van der Waals surface area contributed by atoms with Crippen molar-refractivity contribution in [2.24, 2.45) is 0 Å². The highest BCUT2D eigenvalue weighted by molar-refractivity contribution is 7.89. The van der Waals surface area contributed by atoms with Crippen LogP contribution in [0.4, 0.5) is 0 Å². The zero-order valence-electron chi connectivity index (χ0n) is 11.6. The minimum atomic E-state index is -3.80. The van der Waals surface area contributed by atoms with E-state index in [0.717, 1.165) is 9.87 Å². The van der Waals surface area contributed by atoms with Crippen LogP contribution in [0.2, 0.25) is 0 Å². The predicted octanol–water partition coefficient (Wildman–Crippen LogP) is 2.38. The lowest BCUT2D eigenvalue weighted by molar-refractivity contribution is 0.0850. The van der Waals surface area contributed by atoms with E-state index >= 15 is 0 Å². The van der Waals surface area contributed by atoms with Gasteiger partial charge in [0.1, 0.15) is 0 Å². The first-order valence-electron chi connectivity index (χ1n) is 6.72. The molecule has 0 radical (unpaired) electrons. The molecule has 3 rings (SSSR count). The van der Waals surface area contributed by atoms with E-state index in [1.807, 2.05) is 12.1 Å². The fourth-order valence-corrected chi connectivity index (χ4v) is 4.21. The third-order valence-corrected chi connectivity index (χ3v) is 5.66. The van der Waals surface area contributed by atoms with Crippen LogP contribution in [0.5, 0.6) is 0 Å². The van der Waals surface area contributed by atoms with Crippen molar-refractivity contribution in [3.05, 3.63) is 65.2 Å². The molecule has 5 heteroatoms. The van der Waals surface area contributed by atoms with Crippen molar-refractivity contribution in [2.75, 3.05) is 6.54 Å². The van der Waals surface area contributed by atoms with Gasteiger partial charge in [0.05, 0.1) is 4.90 Å². The number of hydrogen-bond donors (Lipinski definition) is 0. The molecule has 0 atom stereocenters. The van der Waals surface area contributed by atoms with Crippen molar-refractivity contribution in [2.45, 2.75) is 18.2 Å². The van der Waals surface area contributed by atoms with Crippen LogP contribution in [0.15, 0.2) is 53.4 Å². The van der Waals surface area contributed by atoms with Gasteiger partial charge in [-0.2, -0.15) is 0 Å². The molecule has 0 bridgehead atoms. The molecular weight excluding hydrogens is 286 g/mol. The Morgan fingerprint density at radius 3 is 2.43 bits per heavy atom. The van der Waals surface area contributed by atoms with Crippen LogP contribution in [0.1, 0.15) is 21.5 Å². The third kappa shape index (κ3) is 2.23. The minimum absolute atomic E-state index is 0.187. The standard InChI is InChI=1S/C16H15NO3S/c1-12-6-2-5-9-15(12)21(19,20)17-11-10-13-7-3-4-8-14(13)16(17)18/h2-9H,10-11H2,1H3. The maximum absolute atomic E-state index is 12.7. The molecule has 0 aliphatic carbocycles. The van der Waals surface area contributed by atoms with Crippen molar-refractivity contribution in [3.8, 4) is 0 Å². The third-order valence-electron chi connectivity index (χ3n) is 3.72. The average Bonchev–Trinajstić information content (AvgIpc) is 2.48. The summed E-state index contributed by atoms with van der Waals surface area (Å²) >= 11 is 0. The minimum Gasteiger partial charge on any atom is -0.268 e. The molecule has 2 aromatic rings. The summed E-state index contributed by atoms with van der Waals surface area (Å²) in [6, 6.07) is 13.9. The van der Waals surface area contributed by atoms with Crippen molar-refractivity contribution in [3.63, 3.8) is 0 Å². The van der Waals surface area contributed by atoms with Gasteiger partial charge in [0, 0.05) is 12.1 Å². The molecular formula is C16H15NO3S. The Labute approximate surface area is 124 Å². The highest BCUT2D eigenvalue weighted by atomic mass is 32.2. The van der Waals surface area contributed by atoms with E-state index in [1.54, 1.807) is 43.3 Å². The van der Waals surface area contributed by atoms with E-state index in [0.29, 0.717) is 17.5 Å². The van der Waals surface area contributed by atoms with Crippen LogP contribution < -0.4 is 0 Å². The molecule has 0 spiro atoms. The Morgan fingerprint density at radius 2 is 1.67 bits per heavy atom. The van der Waals surface area contributed by atoms with Gasteiger partial charge in [-0.1, -0.05) is 36.4 Å². The number of hydrogen-bond acceptors (Lipinski definition) is 3. The molecule has 2 aromatic carbocycles. The van der Waals surface area contributed by atoms with Crippen molar-refractivity contribution >= 4 is 15.9 Å². The fraction of sp³-hybridized carbons (Fsp3) is 0.188. The summed E-state index contributed by atoms with van der Waals surface area (Å²) in [5.41, 5.74) is 2.02. The Morgan fingerprint density at radius 1 is 1.00 bits per heavy atom. The van der Waals surface area contributed by atoms with Crippen LogP contribution in [0.3, 0.4) is 0 Å². The molecule has 4 nitrogen and oxygen atoms in total. The Balaban J connectivity index is 2.06. The van der Waals surface area contributed by atoms with E-state index in [2.05, 4.69) is 0 Å². The number of benzene rings is 2. The summed E-state index contributed by atoms with van der Waals surface area (Å²) in [6.07, 6.45) is 0.549. The van der Waals surface area contributed by atoms with Gasteiger partial charge in [0.15, 0.2) is 0 Å². The lowest BCUT2D eigenvalue weighted by Crippen LogP contribution is -2.42. The van der Waals surface area contributed by atoms with E-state index < -0.39 is 15.9 Å². The molecule has 1 aliphatic heterocycles. The molecule has 0 fully saturated rings. The lowest BCUT2D eigenvalue weighted by Gasteiger charge is -2.28. The van der Waals surface area contributed by atoms with Gasteiger partial charge in [-0.05, 0) is 36.6 Å². The number of rotatable bonds is 2. The first kappa shape index (κ1) is 13.8. The molecule has 1 heterocycles. The number of carbonyl (C=O) groups excluding carboxylic acids is 1. The van der Waals surface area contributed by atoms with Gasteiger partial charge in [-0.25, -0.2) is 12.7 Å². The van der Waals surface area contributed by atoms with E-state index in [9.17, 15) is 13.2 Å². The summed E-state index contributed by atoms with van der Waals surface area (Å²) in [5, 5.41) is 0. The molecule has 0 saturated carbocycles. The molecule has 0 unspecified atom stereocenters. The van der Waals surface area contributed by atoms with Crippen LogP contribution in [0.25, 0.3) is 0 Å². The largest absolute Gasteiger partial charge is 0.268 e. The second-order valence-electron chi connectivity index (χ2n) is 5.05. The van der Waals surface area contributed by atoms with Crippen LogP contribution in [-0.4, -0.2) is 25.2 Å². The summed E-state index contributed by atoms with van der Waals surface area (Å²) in [4.78, 5) is 12.7. The molecule has 21 heavy (non-hydrogen) atoms. The van der Waals surface area contributed by atoms with Gasteiger partial charge in [0.25, 0.3) is 15.9 Å². The molecule has 1 amide bonds. The van der Waals surface area contributed by atoms with Gasteiger partial charge in [0.2, 0.25) is 0 Å². The predicted molar refractivity (Wildman–Crippen MR) is 79.5 cm³/mol. The molecule has 0 saturated heterocycles. The van der Waals surface area contributed by atoms with Crippen LogP contribution in [0, 0.1) is 6.92 Å². The summed E-state index contributed by atoms with van der Waals surface area (Å²) < 4.78 is 26.5. The zero-order chi connectivity index (χ0) is 15.0. The molecule has 0 N–H and O–H groups in total. The Kier molecular flexibility index (Phi) is 3.29. The molecule has 1 aliphatic rings. The fourth-order valence-electron chi connectivity index (χ4n) is 2.60. The van der Waals surface area contributed by atoms with E-state index in [4.69, 9.17) is 0 Å². The first-order valence-corrected chi connectivity index (χ1v) is 8.16. The van der Waals surface area contributed by atoms with E-state index in [-0.39, 0.29) is 11.4 Å². The zero-order valence-corrected chi connectivity index (χ0v) is 12.4. The van der Waals surface area contributed by atoms with Gasteiger partial charge in [-0.3, -0.25) is 4.79 Å². The van der Waals surface area contributed by atoms with Crippen molar-refractivity contribution in [1.29, 1.82) is 0 Å². The van der Waals surface area contributed by atoms with Crippen LogP contribution >= 0.6 is 0 Å². The number of sulfonamides is 1. The molecule has 0 aromatic heterocycles. The van der Waals surface area contributed by atoms with Gasteiger partial charge in [-0.15, -0.1) is 0 Å².